The van der Waals surface area contributed by atoms with Crippen LogP contribution in [0, 0.1) is 0 Å². The normalized spacial score (nSPS) is 15.3. The van der Waals surface area contributed by atoms with Crippen molar-refractivity contribution >= 4 is 37.5 Å². The monoisotopic (exact) mass is 542 g/mol. The van der Waals surface area contributed by atoms with E-state index in [1.54, 1.807) is 42.3 Å². The summed E-state index contributed by atoms with van der Waals surface area (Å²) in [5.74, 6) is 0.725. The number of methoxy groups -OCH3 is 1. The molecule has 1 amide bonds. The number of aryl methyl sites for hydroxylation is 1. The Balaban J connectivity index is 1.57. The summed E-state index contributed by atoms with van der Waals surface area (Å²) in [5.41, 5.74) is 3.50. The van der Waals surface area contributed by atoms with Crippen LogP contribution in [0.2, 0.25) is 0 Å². The smallest absolute Gasteiger partial charge is 0.263 e. The van der Waals surface area contributed by atoms with Gasteiger partial charge < -0.3 is 9.64 Å². The minimum Gasteiger partial charge on any atom is -0.497 e. The molecule has 0 saturated carbocycles. The molecule has 3 aromatic carbocycles. The highest BCUT2D eigenvalue weighted by atomic mass is 79.9. The summed E-state index contributed by atoms with van der Waals surface area (Å²) in [5, 5.41) is 0. The van der Waals surface area contributed by atoms with E-state index in [1.165, 1.54) is 0 Å². The van der Waals surface area contributed by atoms with Crippen molar-refractivity contribution in [2.24, 2.45) is 0 Å². The zero-order chi connectivity index (χ0) is 24.3. The minimum atomic E-state index is -3.76. The summed E-state index contributed by atoms with van der Waals surface area (Å²) >= 11 is 3.32. The Morgan fingerprint density at radius 1 is 1.12 bits per heavy atom. The average Bonchev–Trinajstić information content (AvgIpc) is 2.83. The van der Waals surface area contributed by atoms with Crippen LogP contribution in [0.1, 0.15) is 35.6 Å². The predicted octanol–water partition coefficient (Wildman–Crippen LogP) is 5.34. The van der Waals surface area contributed by atoms with Gasteiger partial charge in [-0.2, -0.15) is 0 Å². The number of sulfonamides is 1. The van der Waals surface area contributed by atoms with E-state index < -0.39 is 10.0 Å². The molecule has 0 radical (unpaired) electrons. The number of anilines is 1. The van der Waals surface area contributed by atoms with Gasteiger partial charge in [-0.05, 0) is 88.3 Å². The first kappa shape index (κ1) is 24.3. The van der Waals surface area contributed by atoms with Crippen molar-refractivity contribution in [2.75, 3.05) is 18.9 Å². The third-order valence-electron chi connectivity index (χ3n) is 6.16. The SMILES string of the molecule is COc1cccc(CC(=O)N(C)C2CCCc3ccc(NS(=O)(=O)c4ccccc4Br)cc32)c1. The molecule has 0 aliphatic heterocycles. The van der Waals surface area contributed by atoms with Gasteiger partial charge in [0.1, 0.15) is 10.6 Å². The maximum absolute atomic E-state index is 13.1. The molecular formula is C26H27BrN2O4S. The molecule has 0 spiro atoms. The largest absolute Gasteiger partial charge is 0.497 e. The number of ether oxygens (including phenoxy) is 1. The fourth-order valence-corrected chi connectivity index (χ4v) is 6.42. The molecule has 3 aromatic rings. The van der Waals surface area contributed by atoms with Gasteiger partial charge in [0, 0.05) is 17.2 Å². The molecule has 1 atom stereocenters. The van der Waals surface area contributed by atoms with Gasteiger partial charge in [0.2, 0.25) is 5.91 Å². The summed E-state index contributed by atoms with van der Waals surface area (Å²) in [6.07, 6.45) is 2.97. The molecule has 0 heterocycles. The van der Waals surface area contributed by atoms with Crippen LogP contribution in [0.3, 0.4) is 0 Å². The second kappa shape index (κ2) is 10.2. The molecule has 34 heavy (non-hydrogen) atoms. The second-order valence-electron chi connectivity index (χ2n) is 8.39. The van der Waals surface area contributed by atoms with Gasteiger partial charge in [-0.15, -0.1) is 0 Å². The van der Waals surface area contributed by atoms with Gasteiger partial charge in [0.15, 0.2) is 0 Å². The van der Waals surface area contributed by atoms with Crippen LogP contribution in [0.4, 0.5) is 5.69 Å². The Bertz CT molecular complexity index is 1310. The standard InChI is InChI=1S/C26H27BrN2O4S/c1-29(26(30)16-18-7-5-9-21(15-18)33-2)24-11-6-8-19-13-14-20(17-22(19)24)28-34(31,32)25-12-4-3-10-23(25)27/h3-5,7,9-10,12-15,17,24,28H,6,8,11,16H2,1-2H3. The first-order chi connectivity index (χ1) is 16.3. The van der Waals surface area contributed by atoms with Gasteiger partial charge >= 0.3 is 0 Å². The number of carbonyl (C=O) groups excluding carboxylic acids is 1. The molecule has 1 N–H and O–H groups in total. The van der Waals surface area contributed by atoms with E-state index >= 15 is 0 Å². The van der Waals surface area contributed by atoms with E-state index in [4.69, 9.17) is 4.74 Å². The number of carbonyl (C=O) groups is 1. The number of amides is 1. The Labute approximate surface area is 209 Å². The van der Waals surface area contributed by atoms with Crippen LogP contribution in [0.5, 0.6) is 5.75 Å². The molecule has 0 saturated heterocycles. The first-order valence-electron chi connectivity index (χ1n) is 11.1. The topological polar surface area (TPSA) is 75.7 Å². The number of halogens is 1. The molecule has 1 aliphatic rings. The number of fused-ring (bicyclic) bond motifs is 1. The lowest BCUT2D eigenvalue weighted by Gasteiger charge is -2.34. The lowest BCUT2D eigenvalue weighted by atomic mass is 9.86. The average molecular weight is 543 g/mol. The van der Waals surface area contributed by atoms with E-state index in [0.717, 1.165) is 41.7 Å². The highest BCUT2D eigenvalue weighted by Crippen LogP contribution is 2.36. The van der Waals surface area contributed by atoms with Crippen molar-refractivity contribution in [3.05, 3.63) is 87.9 Å². The zero-order valence-electron chi connectivity index (χ0n) is 19.1. The fourth-order valence-electron chi connectivity index (χ4n) is 4.37. The third-order valence-corrected chi connectivity index (χ3v) is 8.55. The molecule has 4 rings (SSSR count). The number of rotatable bonds is 7. The summed E-state index contributed by atoms with van der Waals surface area (Å²) in [6, 6.07) is 19.7. The van der Waals surface area contributed by atoms with Crippen molar-refractivity contribution in [3.63, 3.8) is 0 Å². The highest BCUT2D eigenvalue weighted by molar-refractivity contribution is 9.10. The lowest BCUT2D eigenvalue weighted by molar-refractivity contribution is -0.131. The molecular weight excluding hydrogens is 516 g/mol. The molecule has 1 unspecified atom stereocenters. The number of benzene rings is 3. The third kappa shape index (κ3) is 5.28. The van der Waals surface area contributed by atoms with Crippen LogP contribution in [0.15, 0.2) is 76.1 Å². The molecule has 1 aliphatic carbocycles. The van der Waals surface area contributed by atoms with Crippen molar-refractivity contribution in [3.8, 4) is 5.75 Å². The highest BCUT2D eigenvalue weighted by Gasteiger charge is 2.28. The van der Waals surface area contributed by atoms with E-state index in [-0.39, 0.29) is 23.3 Å². The number of likely N-dealkylation sites (N-methyl/N-ethyl adjacent to an activating group) is 1. The van der Waals surface area contributed by atoms with Crippen molar-refractivity contribution in [2.45, 2.75) is 36.6 Å². The van der Waals surface area contributed by atoms with Crippen LogP contribution in [-0.4, -0.2) is 33.4 Å². The molecule has 0 fully saturated rings. The van der Waals surface area contributed by atoms with E-state index in [0.29, 0.717) is 10.2 Å². The summed E-state index contributed by atoms with van der Waals surface area (Å²) in [4.78, 5) is 15.1. The number of hydrogen-bond donors (Lipinski definition) is 1. The van der Waals surface area contributed by atoms with Crippen LogP contribution in [-0.2, 0) is 27.7 Å². The zero-order valence-corrected chi connectivity index (χ0v) is 21.5. The maximum Gasteiger partial charge on any atom is 0.263 e. The maximum atomic E-state index is 13.1. The Hall–Kier alpha value is -2.84. The molecule has 178 valence electrons. The van der Waals surface area contributed by atoms with Crippen molar-refractivity contribution in [1.29, 1.82) is 0 Å². The molecule has 0 bridgehead atoms. The predicted molar refractivity (Wildman–Crippen MR) is 137 cm³/mol. The van der Waals surface area contributed by atoms with Gasteiger partial charge in [-0.1, -0.05) is 30.3 Å². The van der Waals surface area contributed by atoms with Crippen LogP contribution >= 0.6 is 15.9 Å². The van der Waals surface area contributed by atoms with E-state index in [1.807, 2.05) is 43.4 Å². The van der Waals surface area contributed by atoms with E-state index in [9.17, 15) is 13.2 Å². The number of nitrogens with zero attached hydrogens (tertiary/aromatic N) is 1. The van der Waals surface area contributed by atoms with Crippen LogP contribution in [0.25, 0.3) is 0 Å². The summed E-state index contributed by atoms with van der Waals surface area (Å²) in [7, 11) is -0.336. The fraction of sp³-hybridized carbons (Fsp3) is 0.269. The minimum absolute atomic E-state index is 0.00491. The number of hydrogen-bond acceptors (Lipinski definition) is 4. The van der Waals surface area contributed by atoms with Gasteiger partial charge in [0.05, 0.1) is 19.6 Å². The van der Waals surface area contributed by atoms with Crippen molar-refractivity contribution in [1.82, 2.24) is 4.90 Å². The molecule has 6 nitrogen and oxygen atoms in total. The van der Waals surface area contributed by atoms with Crippen molar-refractivity contribution < 1.29 is 17.9 Å². The Kier molecular flexibility index (Phi) is 7.28. The first-order valence-corrected chi connectivity index (χ1v) is 13.3. The summed E-state index contributed by atoms with van der Waals surface area (Å²) in [6.45, 7) is 0. The van der Waals surface area contributed by atoms with E-state index in [2.05, 4.69) is 20.7 Å². The summed E-state index contributed by atoms with van der Waals surface area (Å²) < 4.78 is 34.4. The van der Waals surface area contributed by atoms with Gasteiger partial charge in [-0.25, -0.2) is 8.42 Å². The van der Waals surface area contributed by atoms with Gasteiger partial charge in [-0.3, -0.25) is 9.52 Å². The lowest BCUT2D eigenvalue weighted by Crippen LogP contribution is -2.34. The molecule has 0 aromatic heterocycles. The van der Waals surface area contributed by atoms with Crippen LogP contribution < -0.4 is 9.46 Å². The Morgan fingerprint density at radius 2 is 1.91 bits per heavy atom. The Morgan fingerprint density at radius 3 is 2.68 bits per heavy atom. The quantitative estimate of drug-likeness (QED) is 0.437. The second-order valence-corrected chi connectivity index (χ2v) is 10.9. The number of nitrogens with one attached hydrogen (secondary N) is 1. The van der Waals surface area contributed by atoms with Gasteiger partial charge in [0.25, 0.3) is 10.0 Å². The molecule has 8 heteroatoms.